The van der Waals surface area contributed by atoms with Gasteiger partial charge in [0.2, 0.25) is 5.78 Å². The zero-order valence-electron chi connectivity index (χ0n) is 8.95. The summed E-state index contributed by atoms with van der Waals surface area (Å²) in [4.78, 5) is 16.4. The molecule has 0 amide bonds. The van der Waals surface area contributed by atoms with E-state index in [1.165, 1.54) is 6.26 Å². The molecule has 0 radical (unpaired) electrons. The fourth-order valence-corrected chi connectivity index (χ4v) is 1.89. The summed E-state index contributed by atoms with van der Waals surface area (Å²) < 4.78 is 5.81. The van der Waals surface area contributed by atoms with Crippen molar-refractivity contribution in [3.63, 3.8) is 0 Å². The first-order valence-electron chi connectivity index (χ1n) is 4.81. The van der Waals surface area contributed by atoms with Crippen LogP contribution >= 0.6 is 15.9 Å². The van der Waals surface area contributed by atoms with Crippen LogP contribution in [0.1, 0.15) is 27.5 Å². The van der Waals surface area contributed by atoms with E-state index in [1.807, 2.05) is 19.9 Å². The number of hydrogen-bond acceptors (Lipinski definition) is 3. The number of nitrogens with zero attached hydrogens (tertiary/aromatic N) is 1. The molecule has 0 saturated heterocycles. The summed E-state index contributed by atoms with van der Waals surface area (Å²) in [6.45, 7) is 3.71. The monoisotopic (exact) mass is 279 g/mol. The Balaban J connectivity index is 2.46. The Morgan fingerprint density at radius 1 is 1.31 bits per heavy atom. The van der Waals surface area contributed by atoms with E-state index in [-0.39, 0.29) is 5.78 Å². The number of pyridine rings is 1. The van der Waals surface area contributed by atoms with Gasteiger partial charge >= 0.3 is 0 Å². The van der Waals surface area contributed by atoms with Gasteiger partial charge in [0.05, 0.1) is 10.7 Å². The van der Waals surface area contributed by atoms with Crippen molar-refractivity contribution >= 4 is 21.7 Å². The maximum absolute atomic E-state index is 12.1. The van der Waals surface area contributed by atoms with Crippen LogP contribution in [0.5, 0.6) is 0 Å². The summed E-state index contributed by atoms with van der Waals surface area (Å²) in [5.74, 6) is 0.163. The minimum absolute atomic E-state index is 0.151. The van der Waals surface area contributed by atoms with Crippen molar-refractivity contribution in [2.75, 3.05) is 0 Å². The van der Waals surface area contributed by atoms with Crippen LogP contribution in [-0.2, 0) is 0 Å². The minimum atomic E-state index is -0.151. The van der Waals surface area contributed by atoms with Crippen molar-refractivity contribution in [2.45, 2.75) is 13.8 Å². The van der Waals surface area contributed by atoms with Crippen molar-refractivity contribution in [2.24, 2.45) is 0 Å². The molecule has 0 bridgehead atoms. The molecule has 0 aliphatic rings. The second-order valence-electron chi connectivity index (χ2n) is 3.51. The zero-order chi connectivity index (χ0) is 11.7. The SMILES string of the molecule is Cc1ccc(C(=O)c2occc2Br)c(C)n1. The van der Waals surface area contributed by atoms with Crippen LogP contribution in [0.4, 0.5) is 0 Å². The Bertz CT molecular complexity index is 546. The summed E-state index contributed by atoms with van der Waals surface area (Å²) >= 11 is 3.27. The average Bonchev–Trinajstić information content (AvgIpc) is 2.63. The molecule has 0 spiro atoms. The molecule has 0 aliphatic carbocycles. The van der Waals surface area contributed by atoms with Gasteiger partial charge in [0.25, 0.3) is 0 Å². The topological polar surface area (TPSA) is 43.1 Å². The number of rotatable bonds is 2. The second-order valence-corrected chi connectivity index (χ2v) is 4.37. The molecule has 0 fully saturated rings. The summed E-state index contributed by atoms with van der Waals surface area (Å²) in [7, 11) is 0. The Kier molecular flexibility index (Phi) is 2.92. The molecule has 0 aliphatic heterocycles. The standard InChI is InChI=1S/C12H10BrNO2/c1-7-3-4-9(8(2)14-7)11(15)12-10(13)5-6-16-12/h3-6H,1-2H3. The Morgan fingerprint density at radius 3 is 2.62 bits per heavy atom. The molecule has 2 heterocycles. The lowest BCUT2D eigenvalue weighted by molar-refractivity contribution is 0.101. The van der Waals surface area contributed by atoms with Crippen LogP contribution in [0.15, 0.2) is 33.4 Å². The van der Waals surface area contributed by atoms with Crippen molar-refractivity contribution in [3.8, 4) is 0 Å². The predicted octanol–water partition coefficient (Wildman–Crippen LogP) is 3.28. The zero-order valence-corrected chi connectivity index (χ0v) is 10.5. The molecule has 0 atom stereocenters. The van der Waals surface area contributed by atoms with Crippen LogP contribution in [0.3, 0.4) is 0 Å². The van der Waals surface area contributed by atoms with E-state index in [0.717, 1.165) is 5.69 Å². The molecule has 82 valence electrons. The van der Waals surface area contributed by atoms with Crippen LogP contribution in [0, 0.1) is 13.8 Å². The van der Waals surface area contributed by atoms with Crippen LogP contribution in [0.25, 0.3) is 0 Å². The second kappa shape index (κ2) is 4.22. The van der Waals surface area contributed by atoms with Gasteiger partial charge in [-0.2, -0.15) is 0 Å². The highest BCUT2D eigenvalue weighted by molar-refractivity contribution is 9.10. The minimum Gasteiger partial charge on any atom is -0.460 e. The van der Waals surface area contributed by atoms with Crippen molar-refractivity contribution in [1.29, 1.82) is 0 Å². The first-order valence-corrected chi connectivity index (χ1v) is 5.61. The largest absolute Gasteiger partial charge is 0.460 e. The van der Waals surface area contributed by atoms with E-state index in [1.54, 1.807) is 12.1 Å². The highest BCUT2D eigenvalue weighted by atomic mass is 79.9. The highest BCUT2D eigenvalue weighted by Crippen LogP contribution is 2.22. The van der Waals surface area contributed by atoms with Gasteiger partial charge in [0, 0.05) is 17.0 Å². The smallest absolute Gasteiger partial charge is 0.231 e. The van der Waals surface area contributed by atoms with Gasteiger partial charge in [0.1, 0.15) is 0 Å². The van der Waals surface area contributed by atoms with E-state index in [0.29, 0.717) is 21.5 Å². The Morgan fingerprint density at radius 2 is 2.06 bits per heavy atom. The Hall–Kier alpha value is -1.42. The number of aromatic nitrogens is 1. The van der Waals surface area contributed by atoms with Gasteiger partial charge in [-0.3, -0.25) is 9.78 Å². The molecule has 2 rings (SSSR count). The van der Waals surface area contributed by atoms with Gasteiger partial charge < -0.3 is 4.42 Å². The third kappa shape index (κ3) is 1.93. The average molecular weight is 280 g/mol. The lowest BCUT2D eigenvalue weighted by Crippen LogP contribution is -2.05. The number of ketones is 1. The number of aryl methyl sites for hydroxylation is 2. The normalized spacial score (nSPS) is 10.4. The van der Waals surface area contributed by atoms with Gasteiger partial charge in [-0.05, 0) is 48.0 Å². The molecule has 4 heteroatoms. The molecule has 3 nitrogen and oxygen atoms in total. The van der Waals surface area contributed by atoms with Gasteiger partial charge in [0.15, 0.2) is 5.76 Å². The lowest BCUT2D eigenvalue weighted by atomic mass is 10.1. The highest BCUT2D eigenvalue weighted by Gasteiger charge is 2.18. The molecule has 0 unspecified atom stereocenters. The summed E-state index contributed by atoms with van der Waals surface area (Å²) in [5.41, 5.74) is 2.18. The quantitative estimate of drug-likeness (QED) is 0.793. The molecular weight excluding hydrogens is 270 g/mol. The van der Waals surface area contributed by atoms with Gasteiger partial charge in [-0.25, -0.2) is 0 Å². The van der Waals surface area contributed by atoms with Crippen molar-refractivity contribution < 1.29 is 9.21 Å². The first-order chi connectivity index (χ1) is 7.59. The fourth-order valence-electron chi connectivity index (χ4n) is 1.50. The molecule has 0 N–H and O–H groups in total. The number of carbonyl (C=O) groups excluding carboxylic acids is 1. The summed E-state index contributed by atoms with van der Waals surface area (Å²) in [5, 5.41) is 0. The molecule has 0 saturated carbocycles. The van der Waals surface area contributed by atoms with E-state index in [2.05, 4.69) is 20.9 Å². The Labute approximate surface area is 102 Å². The fraction of sp³-hybridized carbons (Fsp3) is 0.167. The summed E-state index contributed by atoms with van der Waals surface area (Å²) in [6.07, 6.45) is 1.48. The molecule has 16 heavy (non-hydrogen) atoms. The lowest BCUT2D eigenvalue weighted by Gasteiger charge is -2.03. The number of furan rings is 1. The van der Waals surface area contributed by atoms with Crippen molar-refractivity contribution in [3.05, 3.63) is 51.6 Å². The molecule has 2 aromatic heterocycles. The van der Waals surface area contributed by atoms with Crippen LogP contribution in [0.2, 0.25) is 0 Å². The predicted molar refractivity (Wildman–Crippen MR) is 63.6 cm³/mol. The van der Waals surface area contributed by atoms with Crippen LogP contribution in [-0.4, -0.2) is 10.8 Å². The van der Waals surface area contributed by atoms with Gasteiger partial charge in [-0.1, -0.05) is 0 Å². The van der Waals surface area contributed by atoms with E-state index in [9.17, 15) is 4.79 Å². The van der Waals surface area contributed by atoms with Crippen molar-refractivity contribution in [1.82, 2.24) is 4.98 Å². The van der Waals surface area contributed by atoms with E-state index in [4.69, 9.17) is 4.42 Å². The van der Waals surface area contributed by atoms with E-state index < -0.39 is 0 Å². The van der Waals surface area contributed by atoms with E-state index >= 15 is 0 Å². The maximum atomic E-state index is 12.1. The summed E-state index contributed by atoms with van der Waals surface area (Å²) in [6, 6.07) is 5.29. The molecule has 0 aromatic carbocycles. The number of halogens is 1. The van der Waals surface area contributed by atoms with Gasteiger partial charge in [-0.15, -0.1) is 0 Å². The number of carbonyl (C=O) groups is 1. The third-order valence-corrected chi connectivity index (χ3v) is 2.92. The first kappa shape index (κ1) is 11.1. The molecule has 2 aromatic rings. The maximum Gasteiger partial charge on any atom is 0.231 e. The van der Waals surface area contributed by atoms with Crippen LogP contribution < -0.4 is 0 Å². The number of hydrogen-bond donors (Lipinski definition) is 0. The third-order valence-electron chi connectivity index (χ3n) is 2.29. The molecular formula is C12H10BrNO2.